The average molecular weight is 349 g/mol. The third-order valence-corrected chi connectivity index (χ3v) is 11.9. The molecule has 3 aliphatic carbocycles. The number of rotatable bonds is 2. The van der Waals surface area contributed by atoms with Crippen molar-refractivity contribution >= 4 is 14.1 Å². The van der Waals surface area contributed by atoms with Crippen LogP contribution in [0.25, 0.3) is 0 Å². The molecule has 0 saturated heterocycles. The molecule has 136 valence electrons. The first-order chi connectivity index (χ1) is 10.8. The molecule has 24 heavy (non-hydrogen) atoms. The molecule has 0 aromatic heterocycles. The normalized spacial score (nSPS) is 36.8. The van der Waals surface area contributed by atoms with Crippen LogP contribution in [0, 0.1) is 16.7 Å². The molecule has 3 aliphatic rings. The van der Waals surface area contributed by atoms with Crippen molar-refractivity contribution in [2.75, 3.05) is 0 Å². The van der Waals surface area contributed by atoms with Gasteiger partial charge in [-0.3, -0.25) is 4.79 Å². The van der Waals surface area contributed by atoms with Crippen molar-refractivity contribution in [3.63, 3.8) is 0 Å². The van der Waals surface area contributed by atoms with E-state index in [1.54, 1.807) is 0 Å². The van der Waals surface area contributed by atoms with E-state index in [9.17, 15) is 4.79 Å². The van der Waals surface area contributed by atoms with E-state index in [0.717, 1.165) is 12.8 Å². The van der Waals surface area contributed by atoms with Crippen LogP contribution in [0.2, 0.25) is 18.1 Å². The van der Waals surface area contributed by atoms with Gasteiger partial charge in [0.05, 0.1) is 11.0 Å². The van der Waals surface area contributed by atoms with Crippen LogP contribution < -0.4 is 0 Å². The third kappa shape index (κ3) is 2.26. The summed E-state index contributed by atoms with van der Waals surface area (Å²) < 4.78 is 7.05. The Labute approximate surface area is 149 Å². The van der Waals surface area contributed by atoms with E-state index in [2.05, 4.69) is 60.7 Å². The van der Waals surface area contributed by atoms with E-state index >= 15 is 0 Å². The summed E-state index contributed by atoms with van der Waals surface area (Å²) in [5, 5.41) is 0.171. The minimum absolute atomic E-state index is 0.121. The summed E-state index contributed by atoms with van der Waals surface area (Å²) in [6.07, 6.45) is 7.67. The smallest absolute Gasteiger partial charge is 0.193 e. The van der Waals surface area contributed by atoms with Crippen LogP contribution in [0.3, 0.4) is 0 Å². The Kier molecular flexibility index (Phi) is 3.88. The largest absolute Gasteiger partial charge is 0.406 e. The molecule has 0 N–H and O–H groups in total. The van der Waals surface area contributed by atoms with Crippen molar-refractivity contribution in [2.45, 2.75) is 97.4 Å². The van der Waals surface area contributed by atoms with Crippen LogP contribution in [-0.2, 0) is 9.22 Å². The standard InChI is InChI=1S/C21H36O2Si/c1-18(2,3)16-13-20(23-24(7,8)19(4,5)6)14-17(22)21(20)12-10-9-11-15(16)21/h13,15H,9-12,14H2,1-8H3/t15-,20-,21-/m1/s1. The molecule has 0 heterocycles. The van der Waals surface area contributed by atoms with E-state index in [1.807, 2.05) is 0 Å². The summed E-state index contributed by atoms with van der Waals surface area (Å²) in [5.74, 6) is 0.888. The summed E-state index contributed by atoms with van der Waals surface area (Å²) in [7, 11) is -1.93. The van der Waals surface area contributed by atoms with Gasteiger partial charge in [-0.05, 0) is 42.3 Å². The number of hydrogen-bond acceptors (Lipinski definition) is 2. The average Bonchev–Trinajstić information content (AvgIpc) is 2.64. The highest BCUT2D eigenvalue weighted by Crippen LogP contribution is 2.69. The van der Waals surface area contributed by atoms with Crippen molar-refractivity contribution in [2.24, 2.45) is 16.7 Å². The number of carbonyl (C=O) groups excluding carboxylic acids is 1. The van der Waals surface area contributed by atoms with E-state index in [1.165, 1.54) is 18.4 Å². The predicted octanol–water partition coefficient (Wildman–Crippen LogP) is 5.88. The monoisotopic (exact) mass is 348 g/mol. The molecule has 1 spiro atoms. The Morgan fingerprint density at radius 2 is 1.75 bits per heavy atom. The second kappa shape index (κ2) is 5.06. The summed E-state index contributed by atoms with van der Waals surface area (Å²) in [4.78, 5) is 13.0. The van der Waals surface area contributed by atoms with Crippen molar-refractivity contribution in [1.82, 2.24) is 0 Å². The molecule has 0 aromatic carbocycles. The lowest BCUT2D eigenvalue weighted by molar-refractivity contribution is -0.177. The van der Waals surface area contributed by atoms with Crippen LogP contribution in [-0.4, -0.2) is 19.7 Å². The van der Waals surface area contributed by atoms with Crippen LogP contribution in [0.4, 0.5) is 0 Å². The maximum Gasteiger partial charge on any atom is 0.193 e. The molecule has 3 heteroatoms. The molecular formula is C21H36O2Si. The zero-order chi connectivity index (χ0) is 18.2. The summed E-state index contributed by atoms with van der Waals surface area (Å²) in [6.45, 7) is 18.5. The Morgan fingerprint density at radius 3 is 2.25 bits per heavy atom. The number of Topliss-reactive ketones (excluding diaryl/α,β-unsaturated/α-hetero) is 1. The second-order valence-electron chi connectivity index (χ2n) is 11.0. The van der Waals surface area contributed by atoms with Gasteiger partial charge in [0, 0.05) is 6.42 Å². The lowest BCUT2D eigenvalue weighted by Gasteiger charge is -2.60. The lowest BCUT2D eigenvalue weighted by Crippen LogP contribution is -2.69. The van der Waals surface area contributed by atoms with E-state index < -0.39 is 8.32 Å². The van der Waals surface area contributed by atoms with Gasteiger partial charge in [0.25, 0.3) is 0 Å². The van der Waals surface area contributed by atoms with Gasteiger partial charge in [-0.2, -0.15) is 0 Å². The maximum absolute atomic E-state index is 13.0. The second-order valence-corrected chi connectivity index (χ2v) is 15.7. The minimum Gasteiger partial charge on any atom is -0.406 e. The van der Waals surface area contributed by atoms with E-state index in [4.69, 9.17) is 4.43 Å². The SMILES string of the molecule is CC(C)(C)C1=C[C@@]2(O[Si](C)(C)C(C)(C)C)CC(=O)[C@]23CCCC[C@H]13. The molecule has 3 atom stereocenters. The van der Waals surface area contributed by atoms with Crippen molar-refractivity contribution < 1.29 is 9.22 Å². The topological polar surface area (TPSA) is 26.3 Å². The number of hydrogen-bond donors (Lipinski definition) is 0. The Bertz CT molecular complexity index is 590. The maximum atomic E-state index is 13.0. The highest BCUT2D eigenvalue weighted by molar-refractivity contribution is 6.74. The summed E-state index contributed by atoms with van der Waals surface area (Å²) >= 11 is 0. The molecule has 0 bridgehead atoms. The van der Waals surface area contributed by atoms with Gasteiger partial charge >= 0.3 is 0 Å². The molecule has 3 rings (SSSR count). The molecule has 0 radical (unpaired) electrons. The molecule has 2 nitrogen and oxygen atoms in total. The lowest BCUT2D eigenvalue weighted by atomic mass is 9.48. The van der Waals surface area contributed by atoms with Gasteiger partial charge in [0.15, 0.2) is 8.32 Å². The van der Waals surface area contributed by atoms with Crippen molar-refractivity contribution in [1.29, 1.82) is 0 Å². The predicted molar refractivity (Wildman–Crippen MR) is 103 cm³/mol. The fourth-order valence-corrected chi connectivity index (χ4v) is 6.68. The van der Waals surface area contributed by atoms with Gasteiger partial charge in [0.1, 0.15) is 5.78 Å². The van der Waals surface area contributed by atoms with Crippen molar-refractivity contribution in [3.05, 3.63) is 11.6 Å². The Hall–Kier alpha value is -0.413. The molecule has 0 aromatic rings. The first-order valence-corrected chi connectivity index (χ1v) is 12.6. The molecule has 0 aliphatic heterocycles. The number of carbonyl (C=O) groups is 1. The third-order valence-electron chi connectivity index (χ3n) is 7.46. The fraction of sp³-hybridized carbons (Fsp3) is 0.857. The van der Waals surface area contributed by atoms with E-state index in [-0.39, 0.29) is 21.5 Å². The number of allylic oxidation sites excluding steroid dienone is 1. The number of ketones is 1. The van der Waals surface area contributed by atoms with Gasteiger partial charge < -0.3 is 4.43 Å². The van der Waals surface area contributed by atoms with E-state index in [0.29, 0.717) is 18.1 Å². The molecule has 2 saturated carbocycles. The summed E-state index contributed by atoms with van der Waals surface area (Å²) in [5.41, 5.74) is 1.08. The Balaban J connectivity index is 2.08. The van der Waals surface area contributed by atoms with Gasteiger partial charge in [-0.1, -0.05) is 66.0 Å². The first-order valence-electron chi connectivity index (χ1n) is 9.74. The zero-order valence-electron chi connectivity index (χ0n) is 17.0. The van der Waals surface area contributed by atoms with Gasteiger partial charge in [-0.15, -0.1) is 0 Å². The highest BCUT2D eigenvalue weighted by atomic mass is 28.4. The van der Waals surface area contributed by atoms with Crippen LogP contribution in [0.1, 0.15) is 73.6 Å². The van der Waals surface area contributed by atoms with Crippen LogP contribution in [0.5, 0.6) is 0 Å². The molecule has 2 fully saturated rings. The molecule has 0 unspecified atom stereocenters. The highest BCUT2D eigenvalue weighted by Gasteiger charge is 2.74. The zero-order valence-corrected chi connectivity index (χ0v) is 18.0. The van der Waals surface area contributed by atoms with Gasteiger partial charge in [-0.25, -0.2) is 0 Å². The first kappa shape index (κ1) is 18.4. The molecule has 0 amide bonds. The van der Waals surface area contributed by atoms with Crippen molar-refractivity contribution in [3.8, 4) is 0 Å². The minimum atomic E-state index is -1.93. The quantitative estimate of drug-likeness (QED) is 0.460. The van der Waals surface area contributed by atoms with Crippen LogP contribution >= 0.6 is 0 Å². The fourth-order valence-electron chi connectivity index (χ4n) is 5.15. The summed E-state index contributed by atoms with van der Waals surface area (Å²) in [6, 6.07) is 0. The Morgan fingerprint density at radius 1 is 1.12 bits per heavy atom. The molecular weight excluding hydrogens is 312 g/mol. The van der Waals surface area contributed by atoms with Gasteiger partial charge in [0.2, 0.25) is 0 Å². The van der Waals surface area contributed by atoms with Crippen LogP contribution in [0.15, 0.2) is 11.6 Å².